The highest BCUT2D eigenvalue weighted by molar-refractivity contribution is 7.09. The minimum absolute atomic E-state index is 0.0988. The first-order chi connectivity index (χ1) is 13.0. The van der Waals surface area contributed by atoms with Crippen molar-refractivity contribution in [2.24, 2.45) is 11.8 Å². The van der Waals surface area contributed by atoms with Crippen LogP contribution in [0.1, 0.15) is 60.7 Å². The van der Waals surface area contributed by atoms with Gasteiger partial charge in [0.05, 0.1) is 13.1 Å². The first kappa shape index (κ1) is 19.6. The van der Waals surface area contributed by atoms with E-state index in [9.17, 15) is 9.59 Å². The Morgan fingerprint density at radius 2 is 2.11 bits per heavy atom. The topological polar surface area (TPSA) is 75.4 Å². The first-order valence-electron chi connectivity index (χ1n) is 9.58. The Kier molecular flexibility index (Phi) is 6.66. The number of carbonyl (C=O) groups is 2. The smallest absolute Gasteiger partial charge is 0.273 e. The maximum absolute atomic E-state index is 13.0. The summed E-state index contributed by atoms with van der Waals surface area (Å²) in [5.41, 5.74) is 0.259. The Morgan fingerprint density at radius 3 is 2.78 bits per heavy atom. The summed E-state index contributed by atoms with van der Waals surface area (Å²) in [4.78, 5) is 28.1. The highest BCUT2D eigenvalue weighted by Gasteiger charge is 2.28. The molecule has 1 aliphatic rings. The summed E-state index contributed by atoms with van der Waals surface area (Å²) in [5, 5.41) is 8.72. The van der Waals surface area contributed by atoms with Crippen LogP contribution in [0.15, 0.2) is 28.1 Å². The average molecular weight is 390 g/mol. The second-order valence-electron chi connectivity index (χ2n) is 7.54. The molecule has 1 aliphatic carbocycles. The molecule has 3 rings (SSSR count). The van der Waals surface area contributed by atoms with E-state index in [-0.39, 0.29) is 23.4 Å². The van der Waals surface area contributed by atoms with E-state index in [1.807, 2.05) is 36.3 Å². The first-order valence-corrected chi connectivity index (χ1v) is 10.5. The van der Waals surface area contributed by atoms with Crippen LogP contribution in [0.5, 0.6) is 0 Å². The van der Waals surface area contributed by atoms with Crippen LogP contribution in [-0.2, 0) is 17.9 Å². The van der Waals surface area contributed by atoms with Crippen LogP contribution in [0.3, 0.4) is 0 Å². The monoisotopic (exact) mass is 389 g/mol. The molecule has 27 heavy (non-hydrogen) atoms. The molecule has 6 nitrogen and oxygen atoms in total. The number of thiophene rings is 1. The van der Waals surface area contributed by atoms with Crippen molar-refractivity contribution < 1.29 is 14.1 Å². The van der Waals surface area contributed by atoms with Gasteiger partial charge in [-0.15, -0.1) is 11.3 Å². The summed E-state index contributed by atoms with van der Waals surface area (Å²) in [6.07, 6.45) is 4.15. The van der Waals surface area contributed by atoms with E-state index in [1.165, 1.54) is 0 Å². The van der Waals surface area contributed by atoms with Crippen LogP contribution in [0, 0.1) is 11.8 Å². The lowest BCUT2D eigenvalue weighted by Gasteiger charge is -2.24. The van der Waals surface area contributed by atoms with Crippen molar-refractivity contribution in [1.29, 1.82) is 0 Å². The molecule has 0 bridgehead atoms. The lowest BCUT2D eigenvalue weighted by atomic mass is 10.1. The molecule has 2 aromatic heterocycles. The maximum atomic E-state index is 13.0. The van der Waals surface area contributed by atoms with Crippen LogP contribution < -0.4 is 5.32 Å². The molecule has 7 heteroatoms. The van der Waals surface area contributed by atoms with Crippen molar-refractivity contribution in [3.8, 4) is 0 Å². The molecule has 2 heterocycles. The predicted molar refractivity (Wildman–Crippen MR) is 104 cm³/mol. The van der Waals surface area contributed by atoms with Gasteiger partial charge in [-0.3, -0.25) is 9.59 Å². The van der Waals surface area contributed by atoms with Crippen molar-refractivity contribution in [3.05, 3.63) is 39.9 Å². The van der Waals surface area contributed by atoms with Crippen LogP contribution in [0.4, 0.5) is 0 Å². The molecule has 0 spiro atoms. The van der Waals surface area contributed by atoms with Crippen molar-refractivity contribution >= 4 is 23.2 Å². The van der Waals surface area contributed by atoms with Crippen molar-refractivity contribution in [2.75, 3.05) is 6.54 Å². The van der Waals surface area contributed by atoms with Gasteiger partial charge in [-0.25, -0.2) is 0 Å². The Balaban J connectivity index is 1.68. The van der Waals surface area contributed by atoms with Crippen molar-refractivity contribution in [1.82, 2.24) is 15.4 Å². The zero-order valence-electron chi connectivity index (χ0n) is 15.9. The number of nitrogens with one attached hydrogen (secondary N) is 1. The molecule has 0 saturated heterocycles. The Hall–Kier alpha value is -2.15. The van der Waals surface area contributed by atoms with Crippen LogP contribution in [0.2, 0.25) is 0 Å². The van der Waals surface area contributed by atoms with Crippen LogP contribution >= 0.6 is 11.3 Å². The molecular formula is C20H27N3O3S. The molecule has 1 fully saturated rings. The minimum Gasteiger partial charge on any atom is -0.359 e. The average Bonchev–Trinajstić information content (AvgIpc) is 3.40. The number of hydrogen-bond acceptors (Lipinski definition) is 5. The van der Waals surface area contributed by atoms with E-state index in [4.69, 9.17) is 4.52 Å². The van der Waals surface area contributed by atoms with E-state index in [0.29, 0.717) is 31.3 Å². The van der Waals surface area contributed by atoms with E-state index in [1.54, 1.807) is 17.4 Å². The largest absolute Gasteiger partial charge is 0.359 e. The van der Waals surface area contributed by atoms with Gasteiger partial charge in [0.25, 0.3) is 5.91 Å². The Bertz CT molecular complexity index is 748. The van der Waals surface area contributed by atoms with Gasteiger partial charge in [0.1, 0.15) is 0 Å². The third-order valence-corrected chi connectivity index (χ3v) is 5.61. The van der Waals surface area contributed by atoms with E-state index < -0.39 is 0 Å². The molecule has 0 aromatic carbocycles. The molecule has 1 saturated carbocycles. The highest BCUT2D eigenvalue weighted by atomic mass is 32.1. The molecule has 2 aromatic rings. The molecule has 0 unspecified atom stereocenters. The SMILES string of the molecule is CC(C)CNC(=O)c1cc(CN(Cc2cccs2)C(=O)C2CCCC2)on1. The van der Waals surface area contributed by atoms with Gasteiger partial charge in [-0.05, 0) is 30.2 Å². The Morgan fingerprint density at radius 1 is 1.33 bits per heavy atom. The van der Waals surface area contributed by atoms with E-state index in [0.717, 1.165) is 30.6 Å². The fourth-order valence-electron chi connectivity index (χ4n) is 3.30. The Labute approximate surface area is 163 Å². The molecule has 2 amide bonds. The second-order valence-corrected chi connectivity index (χ2v) is 8.57. The van der Waals surface area contributed by atoms with Crippen molar-refractivity contribution in [3.63, 3.8) is 0 Å². The standard InChI is InChI=1S/C20H27N3O3S/c1-14(2)11-21-19(24)18-10-16(26-22-18)12-23(13-17-8-5-9-27-17)20(25)15-6-3-4-7-15/h5,8-10,14-15H,3-4,6-7,11-13H2,1-2H3,(H,21,24). The number of aromatic nitrogens is 1. The quantitative estimate of drug-likeness (QED) is 0.744. The molecule has 0 aliphatic heterocycles. The predicted octanol–water partition coefficient (Wildman–Crippen LogP) is 3.84. The fourth-order valence-corrected chi connectivity index (χ4v) is 4.02. The molecule has 146 valence electrons. The van der Waals surface area contributed by atoms with Gasteiger partial charge < -0.3 is 14.7 Å². The van der Waals surface area contributed by atoms with E-state index in [2.05, 4.69) is 10.5 Å². The van der Waals surface area contributed by atoms with Gasteiger partial charge in [0.15, 0.2) is 11.5 Å². The third-order valence-electron chi connectivity index (χ3n) is 4.75. The second kappa shape index (κ2) is 9.17. The molecule has 0 atom stereocenters. The van der Waals surface area contributed by atoms with Gasteiger partial charge in [0, 0.05) is 23.4 Å². The summed E-state index contributed by atoms with van der Waals surface area (Å²) < 4.78 is 5.35. The number of amides is 2. The summed E-state index contributed by atoms with van der Waals surface area (Å²) in [7, 11) is 0. The lowest BCUT2D eigenvalue weighted by molar-refractivity contribution is -0.136. The molecule has 0 radical (unpaired) electrons. The number of hydrogen-bond donors (Lipinski definition) is 1. The summed E-state index contributed by atoms with van der Waals surface area (Å²) in [5.74, 6) is 0.925. The van der Waals surface area contributed by atoms with E-state index >= 15 is 0 Å². The maximum Gasteiger partial charge on any atom is 0.273 e. The van der Waals surface area contributed by atoms with Crippen LogP contribution in [0.25, 0.3) is 0 Å². The zero-order chi connectivity index (χ0) is 19.2. The molecular weight excluding hydrogens is 362 g/mol. The number of rotatable bonds is 8. The van der Waals surface area contributed by atoms with Gasteiger partial charge in [0.2, 0.25) is 5.91 Å². The summed E-state index contributed by atoms with van der Waals surface area (Å²) in [6.45, 7) is 5.54. The minimum atomic E-state index is -0.245. The summed E-state index contributed by atoms with van der Waals surface area (Å²) >= 11 is 1.64. The van der Waals surface area contributed by atoms with Crippen LogP contribution in [-0.4, -0.2) is 28.4 Å². The van der Waals surface area contributed by atoms with Gasteiger partial charge in [-0.1, -0.05) is 37.9 Å². The van der Waals surface area contributed by atoms with Crippen molar-refractivity contribution in [2.45, 2.75) is 52.6 Å². The zero-order valence-corrected chi connectivity index (χ0v) is 16.8. The van der Waals surface area contributed by atoms with Gasteiger partial charge in [-0.2, -0.15) is 0 Å². The fraction of sp³-hybridized carbons (Fsp3) is 0.550. The number of carbonyl (C=O) groups excluding carboxylic acids is 2. The van der Waals surface area contributed by atoms with Gasteiger partial charge >= 0.3 is 0 Å². The summed E-state index contributed by atoms with van der Waals surface area (Å²) in [6, 6.07) is 5.66. The number of nitrogens with zero attached hydrogens (tertiary/aromatic N) is 2. The lowest BCUT2D eigenvalue weighted by Crippen LogP contribution is -2.34. The third kappa shape index (κ3) is 5.42. The molecule has 1 N–H and O–H groups in total. The normalized spacial score (nSPS) is 14.6. The highest BCUT2D eigenvalue weighted by Crippen LogP contribution is 2.28.